The van der Waals surface area contributed by atoms with E-state index in [9.17, 15) is 5.11 Å². The Hall–Kier alpha value is -2.11. The molecule has 0 saturated carbocycles. The molecule has 26 heavy (non-hydrogen) atoms. The molecule has 0 aromatic heterocycles. The number of aliphatic hydroxyl groups excluding tert-OH is 1. The summed E-state index contributed by atoms with van der Waals surface area (Å²) in [6, 6.07) is 8.62. The van der Waals surface area contributed by atoms with Gasteiger partial charge in [0.05, 0.1) is 11.4 Å². The summed E-state index contributed by atoms with van der Waals surface area (Å²) in [4.78, 5) is 9.50. The molecule has 0 amide bonds. The Morgan fingerprint density at radius 3 is 2.42 bits per heavy atom. The maximum absolute atomic E-state index is 9.22. The summed E-state index contributed by atoms with van der Waals surface area (Å²) in [6.07, 6.45) is 7.66. The zero-order valence-electron chi connectivity index (χ0n) is 15.5. The average molecular weight is 370 g/mol. The van der Waals surface area contributed by atoms with Gasteiger partial charge >= 0.3 is 0 Å². The molecular formula is C21H27N3OS. The van der Waals surface area contributed by atoms with Crippen LogP contribution < -0.4 is 5.73 Å². The van der Waals surface area contributed by atoms with Gasteiger partial charge in [0.2, 0.25) is 0 Å². The lowest BCUT2D eigenvalue weighted by Gasteiger charge is -2.15. The molecule has 1 aromatic carbocycles. The summed E-state index contributed by atoms with van der Waals surface area (Å²) in [5, 5.41) is 9.22. The predicted octanol–water partition coefficient (Wildman–Crippen LogP) is 3.53. The number of hydrogen-bond acceptors (Lipinski definition) is 5. The third-order valence-electron chi connectivity index (χ3n) is 4.41. The monoisotopic (exact) mass is 369 g/mol. The molecule has 2 rings (SSSR count). The summed E-state index contributed by atoms with van der Waals surface area (Å²) < 4.78 is 0. The molecule has 1 aliphatic rings. The molecule has 0 heterocycles. The Bertz CT molecular complexity index is 745. The first kappa shape index (κ1) is 20.2. The molecule has 4 nitrogen and oxygen atoms in total. The van der Waals surface area contributed by atoms with Gasteiger partial charge in [-0.2, -0.15) is 0 Å². The van der Waals surface area contributed by atoms with Crippen molar-refractivity contribution in [3.05, 3.63) is 70.8 Å². The van der Waals surface area contributed by atoms with Gasteiger partial charge in [-0.05, 0) is 42.0 Å². The number of aliphatic hydroxyl groups is 1. The summed E-state index contributed by atoms with van der Waals surface area (Å²) in [5.74, 6) is 1.02. The van der Waals surface area contributed by atoms with E-state index in [-0.39, 0.29) is 12.5 Å². The summed E-state index contributed by atoms with van der Waals surface area (Å²) in [7, 11) is 3.48. The third kappa shape index (κ3) is 5.19. The van der Waals surface area contributed by atoms with Crippen LogP contribution in [0.3, 0.4) is 0 Å². The number of hydrogen-bond donors (Lipinski definition) is 2. The normalized spacial score (nSPS) is 18.6. The van der Waals surface area contributed by atoms with Gasteiger partial charge in [0.1, 0.15) is 5.71 Å². The van der Waals surface area contributed by atoms with E-state index in [0.29, 0.717) is 5.70 Å². The first-order valence-corrected chi connectivity index (χ1v) is 9.67. The van der Waals surface area contributed by atoms with Crippen LogP contribution >= 0.6 is 11.8 Å². The summed E-state index contributed by atoms with van der Waals surface area (Å²) >= 11 is 1.71. The molecule has 1 aromatic rings. The number of rotatable bonds is 8. The van der Waals surface area contributed by atoms with Gasteiger partial charge in [-0.25, -0.2) is 0 Å². The first-order valence-electron chi connectivity index (χ1n) is 8.69. The van der Waals surface area contributed by atoms with Crippen LogP contribution in [0.15, 0.2) is 69.7 Å². The van der Waals surface area contributed by atoms with Gasteiger partial charge in [-0.3, -0.25) is 9.98 Å². The molecule has 5 heteroatoms. The van der Waals surface area contributed by atoms with Crippen molar-refractivity contribution in [2.24, 2.45) is 21.6 Å². The lowest BCUT2D eigenvalue weighted by molar-refractivity contribution is 0.246. The fraction of sp³-hybridized carbons (Fsp3) is 0.333. The summed E-state index contributed by atoms with van der Waals surface area (Å²) in [5.41, 5.74) is 11.0. The standard InChI is InChI=1S/C21H27N3OS/c1-4-15(13-25)5-6-16-7-9-17(10-8-16)14-26-19-12-11-18(23-2)21(24-3)20(19)22/h4,7-12,15,25H,1,5-6,13-14,22H2,2-3H3. The molecular weight excluding hydrogens is 342 g/mol. The number of nitrogens with zero attached hydrogens (tertiary/aromatic N) is 2. The minimum Gasteiger partial charge on any atom is -0.396 e. The van der Waals surface area contributed by atoms with Gasteiger partial charge in [0.15, 0.2) is 0 Å². The fourth-order valence-corrected chi connectivity index (χ4v) is 3.65. The Kier molecular flexibility index (Phi) is 7.88. The predicted molar refractivity (Wildman–Crippen MR) is 114 cm³/mol. The first-order chi connectivity index (χ1) is 12.6. The maximum atomic E-state index is 9.22. The van der Waals surface area contributed by atoms with Crippen LogP contribution in [-0.2, 0) is 12.2 Å². The number of aliphatic imine (C=N–C) groups is 2. The van der Waals surface area contributed by atoms with Crippen molar-refractivity contribution in [1.82, 2.24) is 0 Å². The number of thioether (sulfide) groups is 1. The minimum absolute atomic E-state index is 0.162. The topological polar surface area (TPSA) is 71.0 Å². The second kappa shape index (κ2) is 10.1. The van der Waals surface area contributed by atoms with E-state index in [4.69, 9.17) is 5.73 Å². The Morgan fingerprint density at radius 1 is 1.15 bits per heavy atom. The molecule has 0 fully saturated rings. The van der Waals surface area contributed by atoms with Gasteiger partial charge in [0, 0.05) is 31.4 Å². The van der Waals surface area contributed by atoms with Crippen molar-refractivity contribution in [1.29, 1.82) is 0 Å². The van der Waals surface area contributed by atoms with E-state index in [0.717, 1.165) is 34.9 Å². The van der Waals surface area contributed by atoms with E-state index in [1.54, 1.807) is 25.9 Å². The highest BCUT2D eigenvalue weighted by Crippen LogP contribution is 2.27. The van der Waals surface area contributed by atoms with Gasteiger partial charge in [0.25, 0.3) is 0 Å². The molecule has 1 atom stereocenters. The highest BCUT2D eigenvalue weighted by atomic mass is 32.2. The van der Waals surface area contributed by atoms with Crippen LogP contribution in [0, 0.1) is 5.92 Å². The smallest absolute Gasteiger partial charge is 0.106 e. The Labute approximate surface area is 160 Å². The van der Waals surface area contributed by atoms with E-state index in [2.05, 4.69) is 40.8 Å². The zero-order valence-corrected chi connectivity index (χ0v) is 16.3. The number of aryl methyl sites for hydroxylation is 1. The fourth-order valence-electron chi connectivity index (χ4n) is 2.72. The number of nitrogens with two attached hydrogens (primary N) is 1. The lowest BCUT2D eigenvalue weighted by Crippen LogP contribution is -2.24. The highest BCUT2D eigenvalue weighted by Gasteiger charge is 2.17. The largest absolute Gasteiger partial charge is 0.396 e. The van der Waals surface area contributed by atoms with Crippen LogP contribution in [0.2, 0.25) is 0 Å². The molecule has 0 aliphatic heterocycles. The molecule has 1 aliphatic carbocycles. The zero-order chi connectivity index (χ0) is 18.9. The molecule has 0 radical (unpaired) electrons. The molecule has 0 saturated heterocycles. The van der Waals surface area contributed by atoms with Crippen LogP contribution in [0.25, 0.3) is 0 Å². The molecule has 0 spiro atoms. The number of allylic oxidation sites excluding steroid dienone is 3. The van der Waals surface area contributed by atoms with Crippen molar-refractivity contribution < 1.29 is 5.11 Å². The van der Waals surface area contributed by atoms with Gasteiger partial charge in [-0.15, -0.1) is 18.3 Å². The average Bonchev–Trinajstić information content (AvgIpc) is 2.68. The molecule has 138 valence electrons. The van der Waals surface area contributed by atoms with Crippen LogP contribution in [0.5, 0.6) is 0 Å². The second-order valence-corrected chi connectivity index (χ2v) is 7.13. The van der Waals surface area contributed by atoms with E-state index < -0.39 is 0 Å². The van der Waals surface area contributed by atoms with Crippen LogP contribution in [-0.4, -0.2) is 37.2 Å². The third-order valence-corrected chi connectivity index (χ3v) is 5.55. The summed E-state index contributed by atoms with van der Waals surface area (Å²) in [6.45, 7) is 3.92. The van der Waals surface area contributed by atoms with Crippen molar-refractivity contribution in [2.45, 2.75) is 18.6 Å². The highest BCUT2D eigenvalue weighted by molar-refractivity contribution is 8.02. The molecule has 1 unspecified atom stereocenters. The second-order valence-electron chi connectivity index (χ2n) is 6.11. The van der Waals surface area contributed by atoms with Gasteiger partial charge < -0.3 is 10.8 Å². The quantitative estimate of drug-likeness (QED) is 0.544. The Morgan fingerprint density at radius 2 is 1.85 bits per heavy atom. The van der Waals surface area contributed by atoms with Crippen molar-refractivity contribution >= 4 is 23.2 Å². The molecule has 3 N–H and O–H groups in total. The van der Waals surface area contributed by atoms with Crippen molar-refractivity contribution in [3.8, 4) is 0 Å². The number of benzene rings is 1. The van der Waals surface area contributed by atoms with Gasteiger partial charge in [-0.1, -0.05) is 30.3 Å². The van der Waals surface area contributed by atoms with E-state index in [1.165, 1.54) is 11.1 Å². The van der Waals surface area contributed by atoms with E-state index in [1.807, 2.05) is 18.2 Å². The maximum Gasteiger partial charge on any atom is 0.106 e. The lowest BCUT2D eigenvalue weighted by atomic mass is 10.00. The Balaban J connectivity index is 1.96. The van der Waals surface area contributed by atoms with Crippen LogP contribution in [0.4, 0.5) is 0 Å². The van der Waals surface area contributed by atoms with E-state index >= 15 is 0 Å². The minimum atomic E-state index is 0.162. The molecule has 0 bridgehead atoms. The van der Waals surface area contributed by atoms with Crippen LogP contribution in [0.1, 0.15) is 17.5 Å². The van der Waals surface area contributed by atoms with Crippen molar-refractivity contribution in [2.75, 3.05) is 20.7 Å². The SMILES string of the molecule is C=CC(CO)CCc1ccc(CSC2=C(N)C(=NC)C(=NC)C=C2)cc1. The van der Waals surface area contributed by atoms with Crippen molar-refractivity contribution in [3.63, 3.8) is 0 Å².